The molecule has 0 aliphatic heterocycles. The number of halogens is 1. The predicted molar refractivity (Wildman–Crippen MR) is 111 cm³/mol. The van der Waals surface area contributed by atoms with Gasteiger partial charge in [0.2, 0.25) is 11.8 Å². The van der Waals surface area contributed by atoms with E-state index >= 15 is 0 Å². The Morgan fingerprint density at radius 1 is 1.18 bits per heavy atom. The van der Waals surface area contributed by atoms with Crippen molar-refractivity contribution in [3.05, 3.63) is 59.8 Å². The number of pyridine rings is 1. The number of hydrogen-bond donors (Lipinski definition) is 1. The van der Waals surface area contributed by atoms with Crippen molar-refractivity contribution >= 4 is 45.7 Å². The summed E-state index contributed by atoms with van der Waals surface area (Å²) in [6.07, 6.45) is 1.81. The number of rotatable bonds is 6. The van der Waals surface area contributed by atoms with Crippen LogP contribution >= 0.6 is 11.6 Å². The number of aromatic nitrogens is 1. The molecule has 0 radical (unpaired) electrons. The van der Waals surface area contributed by atoms with Gasteiger partial charge in [0.15, 0.2) is 0 Å². The third kappa shape index (κ3) is 4.40. The molecule has 3 rings (SSSR count). The summed E-state index contributed by atoms with van der Waals surface area (Å²) in [4.78, 5) is 30.4. The van der Waals surface area contributed by atoms with E-state index in [1.807, 2.05) is 24.3 Å². The van der Waals surface area contributed by atoms with Crippen molar-refractivity contribution in [2.75, 3.05) is 23.9 Å². The summed E-state index contributed by atoms with van der Waals surface area (Å²) in [6, 6.07) is 14.5. The Morgan fingerprint density at radius 2 is 1.96 bits per heavy atom. The van der Waals surface area contributed by atoms with Gasteiger partial charge in [-0.3, -0.25) is 14.6 Å². The van der Waals surface area contributed by atoms with Gasteiger partial charge in [-0.1, -0.05) is 29.8 Å². The van der Waals surface area contributed by atoms with Gasteiger partial charge >= 0.3 is 0 Å². The second kappa shape index (κ2) is 8.71. The lowest BCUT2D eigenvalue weighted by atomic mass is 10.2. The highest BCUT2D eigenvalue weighted by Crippen LogP contribution is 2.29. The van der Waals surface area contributed by atoms with E-state index in [0.29, 0.717) is 22.1 Å². The number of carbonyl (C=O) groups excluding carboxylic acids is 2. The molecular weight excluding hydrogens is 378 g/mol. The fraction of sp³-hybridized carbons (Fsp3) is 0.190. The Hall–Kier alpha value is -3.12. The number of benzene rings is 2. The van der Waals surface area contributed by atoms with Crippen LogP contribution in [0.2, 0.25) is 5.02 Å². The first kappa shape index (κ1) is 19.6. The van der Waals surface area contributed by atoms with E-state index in [-0.39, 0.29) is 24.8 Å². The third-order valence-corrected chi connectivity index (χ3v) is 4.59. The summed E-state index contributed by atoms with van der Waals surface area (Å²) in [5, 5.41) is 4.22. The van der Waals surface area contributed by atoms with Crippen LogP contribution in [0.5, 0.6) is 5.75 Å². The molecule has 0 spiro atoms. The Kier molecular flexibility index (Phi) is 6.11. The Morgan fingerprint density at radius 3 is 2.68 bits per heavy atom. The van der Waals surface area contributed by atoms with Gasteiger partial charge < -0.3 is 15.0 Å². The predicted octanol–water partition coefficient (Wildman–Crippen LogP) is 4.28. The number of amides is 2. The van der Waals surface area contributed by atoms with E-state index in [1.54, 1.807) is 30.5 Å². The molecule has 2 aromatic carbocycles. The van der Waals surface area contributed by atoms with Crippen LogP contribution in [0.25, 0.3) is 10.9 Å². The monoisotopic (exact) mass is 397 g/mol. The number of para-hydroxylation sites is 1. The molecule has 2 amide bonds. The summed E-state index contributed by atoms with van der Waals surface area (Å²) >= 11 is 6.15. The van der Waals surface area contributed by atoms with Crippen molar-refractivity contribution in [3.8, 4) is 5.75 Å². The number of anilines is 2. The molecule has 0 aliphatic carbocycles. The Balaban J connectivity index is 1.71. The number of nitrogens with zero attached hydrogens (tertiary/aromatic N) is 2. The first-order chi connectivity index (χ1) is 13.5. The molecule has 0 saturated heterocycles. The van der Waals surface area contributed by atoms with E-state index < -0.39 is 0 Å². The zero-order valence-electron chi connectivity index (χ0n) is 15.6. The minimum absolute atomic E-state index is 0.131. The van der Waals surface area contributed by atoms with E-state index in [2.05, 4.69) is 10.3 Å². The fourth-order valence-electron chi connectivity index (χ4n) is 2.92. The van der Waals surface area contributed by atoms with Crippen LogP contribution in [0.15, 0.2) is 54.7 Å². The molecule has 0 aliphatic rings. The van der Waals surface area contributed by atoms with Crippen LogP contribution in [0.3, 0.4) is 0 Å². The largest absolute Gasteiger partial charge is 0.495 e. The van der Waals surface area contributed by atoms with E-state index in [0.717, 1.165) is 10.9 Å². The molecule has 6 nitrogen and oxygen atoms in total. The Bertz CT molecular complexity index is 1020. The topological polar surface area (TPSA) is 71.5 Å². The zero-order valence-corrected chi connectivity index (χ0v) is 16.4. The second-order valence-electron chi connectivity index (χ2n) is 6.17. The van der Waals surface area contributed by atoms with Crippen molar-refractivity contribution < 1.29 is 14.3 Å². The molecule has 7 heteroatoms. The summed E-state index contributed by atoms with van der Waals surface area (Å²) in [5.41, 5.74) is 1.98. The molecule has 0 fully saturated rings. The van der Waals surface area contributed by atoms with Crippen molar-refractivity contribution in [3.63, 3.8) is 0 Å². The molecule has 0 unspecified atom stereocenters. The number of carbonyl (C=O) groups is 2. The van der Waals surface area contributed by atoms with Gasteiger partial charge in [-0.15, -0.1) is 0 Å². The Labute approximate surface area is 168 Å². The maximum atomic E-state index is 12.5. The molecule has 1 heterocycles. The van der Waals surface area contributed by atoms with Crippen molar-refractivity contribution in [1.82, 2.24) is 4.98 Å². The molecule has 0 saturated carbocycles. The van der Waals surface area contributed by atoms with Crippen LogP contribution in [0.4, 0.5) is 11.4 Å². The van der Waals surface area contributed by atoms with Crippen LogP contribution in [-0.4, -0.2) is 30.5 Å². The van der Waals surface area contributed by atoms with Crippen LogP contribution in [0, 0.1) is 0 Å². The molecule has 1 aromatic heterocycles. The molecule has 3 aromatic rings. The van der Waals surface area contributed by atoms with E-state index in [4.69, 9.17) is 16.3 Å². The fourth-order valence-corrected chi connectivity index (χ4v) is 3.17. The third-order valence-electron chi connectivity index (χ3n) is 4.30. The normalized spacial score (nSPS) is 10.5. The highest BCUT2D eigenvalue weighted by Gasteiger charge is 2.16. The maximum absolute atomic E-state index is 12.5. The lowest BCUT2D eigenvalue weighted by Crippen LogP contribution is -2.32. The maximum Gasteiger partial charge on any atom is 0.226 e. The van der Waals surface area contributed by atoms with Gasteiger partial charge in [0.25, 0.3) is 0 Å². The average Bonchev–Trinajstić information content (AvgIpc) is 2.68. The number of hydrogen-bond acceptors (Lipinski definition) is 4. The van der Waals surface area contributed by atoms with Crippen molar-refractivity contribution in [2.24, 2.45) is 0 Å². The highest BCUT2D eigenvalue weighted by molar-refractivity contribution is 6.32. The molecule has 144 valence electrons. The summed E-state index contributed by atoms with van der Waals surface area (Å²) in [7, 11) is 1.52. The first-order valence-corrected chi connectivity index (χ1v) is 9.12. The molecule has 1 N–H and O–H groups in total. The highest BCUT2D eigenvalue weighted by atomic mass is 35.5. The SMILES string of the molecule is COc1ccc(N(CCC(=O)Nc2cccc3cccnc23)C(C)=O)cc1Cl. The lowest BCUT2D eigenvalue weighted by molar-refractivity contribution is -0.117. The molecule has 28 heavy (non-hydrogen) atoms. The number of fused-ring (bicyclic) bond motifs is 1. The van der Waals surface area contributed by atoms with Crippen molar-refractivity contribution in [1.29, 1.82) is 0 Å². The van der Waals surface area contributed by atoms with Crippen molar-refractivity contribution in [2.45, 2.75) is 13.3 Å². The molecule has 0 bridgehead atoms. The summed E-state index contributed by atoms with van der Waals surface area (Å²) in [6.45, 7) is 1.67. The molecular formula is C21H20ClN3O3. The standard InChI is InChI=1S/C21H20ClN3O3/c1-14(26)25(16-8-9-19(28-2)17(22)13-16)12-10-20(27)24-18-7-3-5-15-6-4-11-23-21(15)18/h3-9,11,13H,10,12H2,1-2H3,(H,24,27). The number of ether oxygens (including phenoxy) is 1. The van der Waals surface area contributed by atoms with Gasteiger partial charge in [-0.25, -0.2) is 0 Å². The summed E-state index contributed by atoms with van der Waals surface area (Å²) in [5.74, 6) is 0.139. The zero-order chi connectivity index (χ0) is 20.1. The first-order valence-electron chi connectivity index (χ1n) is 8.75. The van der Waals surface area contributed by atoms with Gasteiger partial charge in [-0.05, 0) is 30.3 Å². The minimum atomic E-state index is -0.205. The quantitative estimate of drug-likeness (QED) is 0.673. The smallest absolute Gasteiger partial charge is 0.226 e. The summed E-state index contributed by atoms with van der Waals surface area (Å²) < 4.78 is 5.13. The van der Waals surface area contributed by atoms with Crippen LogP contribution in [0.1, 0.15) is 13.3 Å². The van der Waals surface area contributed by atoms with E-state index in [1.165, 1.54) is 18.9 Å². The second-order valence-corrected chi connectivity index (χ2v) is 6.58. The van der Waals surface area contributed by atoms with Gasteiger partial charge in [0.05, 0.1) is 23.3 Å². The number of nitrogens with one attached hydrogen (secondary N) is 1. The number of methoxy groups -OCH3 is 1. The van der Waals surface area contributed by atoms with Crippen LogP contribution < -0.4 is 15.0 Å². The van der Waals surface area contributed by atoms with Gasteiger partial charge in [0.1, 0.15) is 5.75 Å². The minimum Gasteiger partial charge on any atom is -0.495 e. The van der Waals surface area contributed by atoms with Gasteiger partial charge in [-0.2, -0.15) is 0 Å². The average molecular weight is 398 g/mol. The molecule has 0 atom stereocenters. The van der Waals surface area contributed by atoms with Gasteiger partial charge in [0, 0.05) is 37.2 Å². The van der Waals surface area contributed by atoms with E-state index in [9.17, 15) is 9.59 Å². The lowest BCUT2D eigenvalue weighted by Gasteiger charge is -2.21. The van der Waals surface area contributed by atoms with Crippen LogP contribution in [-0.2, 0) is 9.59 Å².